The number of anilines is 1. The highest BCUT2D eigenvalue weighted by atomic mass is 35.5. The summed E-state index contributed by atoms with van der Waals surface area (Å²) in [6.45, 7) is 3.33. The number of hydrogen-bond donors (Lipinski definition) is 3. The lowest BCUT2D eigenvalue weighted by molar-refractivity contribution is -0.272. The highest BCUT2D eigenvalue weighted by Gasteiger charge is 2.62. The third kappa shape index (κ3) is 3.47. The second-order valence-corrected chi connectivity index (χ2v) is 8.42. The molecule has 1 heterocycles. The largest absolute Gasteiger partial charge is 0.419 e. The minimum absolute atomic E-state index is 0.0204. The number of pyridine rings is 1. The Hall–Kier alpha value is -2.58. The monoisotopic (exact) mass is 454 g/mol. The number of H-pyrrole nitrogens is 1. The maximum absolute atomic E-state index is 14.2. The van der Waals surface area contributed by atoms with E-state index in [2.05, 4.69) is 10.3 Å². The van der Waals surface area contributed by atoms with Crippen molar-refractivity contribution in [2.75, 3.05) is 5.32 Å². The molecular formula is C22H19ClF4N2O2. The van der Waals surface area contributed by atoms with E-state index < -0.39 is 41.5 Å². The van der Waals surface area contributed by atoms with E-state index in [1.165, 1.54) is 24.3 Å². The van der Waals surface area contributed by atoms with Gasteiger partial charge in [-0.05, 0) is 60.2 Å². The molecule has 0 bridgehead atoms. The highest BCUT2D eigenvalue weighted by Crippen LogP contribution is 2.53. The van der Waals surface area contributed by atoms with Gasteiger partial charge in [-0.25, -0.2) is 4.39 Å². The Morgan fingerprint density at radius 3 is 2.61 bits per heavy atom. The third-order valence-electron chi connectivity index (χ3n) is 5.98. The van der Waals surface area contributed by atoms with Gasteiger partial charge in [-0.2, -0.15) is 13.2 Å². The topological polar surface area (TPSA) is 65.1 Å². The van der Waals surface area contributed by atoms with Crippen molar-refractivity contribution in [1.82, 2.24) is 4.98 Å². The molecular weight excluding hydrogens is 436 g/mol. The Morgan fingerprint density at radius 2 is 1.94 bits per heavy atom. The molecule has 2 aromatic carbocycles. The van der Waals surface area contributed by atoms with Crippen LogP contribution in [0.15, 0.2) is 41.2 Å². The van der Waals surface area contributed by atoms with E-state index in [0.717, 1.165) is 12.1 Å². The van der Waals surface area contributed by atoms with Gasteiger partial charge >= 0.3 is 6.18 Å². The zero-order valence-corrected chi connectivity index (χ0v) is 17.3. The molecule has 31 heavy (non-hydrogen) atoms. The van der Waals surface area contributed by atoms with Crippen LogP contribution >= 0.6 is 11.6 Å². The average Bonchev–Trinajstić information content (AvgIpc) is 2.65. The summed E-state index contributed by atoms with van der Waals surface area (Å²) >= 11 is 6.21. The second kappa shape index (κ2) is 7.24. The molecule has 3 atom stereocenters. The van der Waals surface area contributed by atoms with Crippen molar-refractivity contribution in [3.8, 4) is 0 Å². The predicted molar refractivity (Wildman–Crippen MR) is 111 cm³/mol. The first-order valence-corrected chi connectivity index (χ1v) is 9.97. The molecule has 4 rings (SSSR count). The van der Waals surface area contributed by atoms with Gasteiger partial charge < -0.3 is 15.4 Å². The summed E-state index contributed by atoms with van der Waals surface area (Å²) < 4.78 is 56.6. The van der Waals surface area contributed by atoms with Gasteiger partial charge in [-0.15, -0.1) is 0 Å². The third-order valence-corrected chi connectivity index (χ3v) is 6.39. The van der Waals surface area contributed by atoms with E-state index >= 15 is 0 Å². The first-order valence-electron chi connectivity index (χ1n) is 9.59. The summed E-state index contributed by atoms with van der Waals surface area (Å²) in [5.41, 5.74) is -1.95. The van der Waals surface area contributed by atoms with Gasteiger partial charge in [0.2, 0.25) is 5.56 Å². The zero-order chi connectivity index (χ0) is 22.7. The number of fused-ring (bicyclic) bond motifs is 2. The second-order valence-electron chi connectivity index (χ2n) is 8.02. The van der Waals surface area contributed by atoms with Crippen molar-refractivity contribution in [2.45, 2.75) is 44.0 Å². The summed E-state index contributed by atoms with van der Waals surface area (Å²) in [5, 5.41) is 14.4. The van der Waals surface area contributed by atoms with Crippen LogP contribution < -0.4 is 10.9 Å². The van der Waals surface area contributed by atoms with Gasteiger partial charge in [0.05, 0.1) is 11.6 Å². The molecule has 0 fully saturated rings. The predicted octanol–water partition coefficient (Wildman–Crippen LogP) is 5.58. The lowest BCUT2D eigenvalue weighted by Crippen LogP contribution is -2.55. The van der Waals surface area contributed by atoms with Crippen molar-refractivity contribution in [3.05, 3.63) is 74.3 Å². The average molecular weight is 455 g/mol. The molecule has 0 unspecified atom stereocenters. The van der Waals surface area contributed by atoms with Gasteiger partial charge in [0.15, 0.2) is 5.60 Å². The van der Waals surface area contributed by atoms with Crippen molar-refractivity contribution < 1.29 is 22.7 Å². The number of aliphatic hydroxyl groups is 1. The number of alkyl halides is 3. The number of benzene rings is 2. The maximum atomic E-state index is 14.2. The van der Waals surface area contributed by atoms with Gasteiger partial charge in [-0.1, -0.05) is 24.6 Å². The maximum Gasteiger partial charge on any atom is 0.419 e. The van der Waals surface area contributed by atoms with Crippen LogP contribution in [0.4, 0.5) is 23.2 Å². The van der Waals surface area contributed by atoms with E-state index in [4.69, 9.17) is 11.6 Å². The SMILES string of the molecule is Cc1c(Cl)ccc2c1[C@@H](C)C[C@](O)(C(F)(F)F)[C@H]2Nc1cc(F)cc2[nH]c(=O)ccc12. The molecule has 0 saturated heterocycles. The molecule has 0 radical (unpaired) electrons. The molecule has 1 aromatic heterocycles. The molecule has 0 saturated carbocycles. The zero-order valence-electron chi connectivity index (χ0n) is 16.6. The molecule has 4 nitrogen and oxygen atoms in total. The molecule has 1 aliphatic carbocycles. The fraction of sp³-hybridized carbons (Fsp3) is 0.318. The first kappa shape index (κ1) is 21.6. The van der Waals surface area contributed by atoms with Gasteiger partial charge in [0, 0.05) is 22.2 Å². The van der Waals surface area contributed by atoms with Crippen molar-refractivity contribution in [2.24, 2.45) is 0 Å². The van der Waals surface area contributed by atoms with E-state index in [1.54, 1.807) is 13.8 Å². The summed E-state index contributed by atoms with van der Waals surface area (Å²) in [4.78, 5) is 14.1. The van der Waals surface area contributed by atoms with Crippen molar-refractivity contribution in [3.63, 3.8) is 0 Å². The van der Waals surface area contributed by atoms with Crippen LogP contribution in [-0.2, 0) is 0 Å². The van der Waals surface area contributed by atoms with E-state index in [1.807, 2.05) is 0 Å². The fourth-order valence-electron chi connectivity index (χ4n) is 4.56. The van der Waals surface area contributed by atoms with Crippen LogP contribution in [0.25, 0.3) is 10.9 Å². The summed E-state index contributed by atoms with van der Waals surface area (Å²) in [6, 6.07) is 6.03. The Balaban J connectivity index is 1.95. The lowest BCUT2D eigenvalue weighted by atomic mass is 9.69. The lowest BCUT2D eigenvalue weighted by Gasteiger charge is -2.45. The van der Waals surface area contributed by atoms with Crippen LogP contribution in [0.3, 0.4) is 0 Å². The molecule has 9 heteroatoms. The molecule has 3 aromatic rings. The van der Waals surface area contributed by atoms with Crippen LogP contribution in [0.1, 0.15) is 42.0 Å². The van der Waals surface area contributed by atoms with Crippen LogP contribution in [0.2, 0.25) is 5.02 Å². The summed E-state index contributed by atoms with van der Waals surface area (Å²) in [6.07, 6.45) is -5.55. The molecule has 0 spiro atoms. The molecule has 3 N–H and O–H groups in total. The first-order chi connectivity index (χ1) is 14.4. The Labute approximate surface area is 179 Å². The Morgan fingerprint density at radius 1 is 1.23 bits per heavy atom. The fourth-order valence-corrected chi connectivity index (χ4v) is 4.72. The number of aromatic nitrogens is 1. The summed E-state index contributed by atoms with van der Waals surface area (Å²) in [5.74, 6) is -1.36. The van der Waals surface area contributed by atoms with Crippen LogP contribution in [0.5, 0.6) is 0 Å². The van der Waals surface area contributed by atoms with Gasteiger partial charge in [0.25, 0.3) is 0 Å². The van der Waals surface area contributed by atoms with Crippen molar-refractivity contribution >= 4 is 28.2 Å². The highest BCUT2D eigenvalue weighted by molar-refractivity contribution is 6.31. The number of halogens is 5. The Bertz CT molecular complexity index is 1240. The minimum Gasteiger partial charge on any atom is -0.379 e. The van der Waals surface area contributed by atoms with E-state index in [-0.39, 0.29) is 16.8 Å². The van der Waals surface area contributed by atoms with Crippen LogP contribution in [0, 0.1) is 12.7 Å². The molecule has 164 valence electrons. The quantitative estimate of drug-likeness (QED) is 0.443. The molecule has 0 amide bonds. The number of nitrogens with one attached hydrogen (secondary N) is 2. The number of rotatable bonds is 2. The Kier molecular flexibility index (Phi) is 5.05. The van der Waals surface area contributed by atoms with E-state index in [0.29, 0.717) is 21.5 Å². The number of aromatic amines is 1. The van der Waals surface area contributed by atoms with E-state index in [9.17, 15) is 27.5 Å². The van der Waals surface area contributed by atoms with Gasteiger partial charge in [0.1, 0.15) is 5.82 Å². The van der Waals surface area contributed by atoms with Crippen LogP contribution in [-0.4, -0.2) is 21.9 Å². The smallest absolute Gasteiger partial charge is 0.379 e. The van der Waals surface area contributed by atoms with Crippen molar-refractivity contribution in [1.29, 1.82) is 0 Å². The standard InChI is InChI=1S/C22H19ClF4N2O2/c1-10-9-21(31,22(25,26)27)20(14-3-5-15(23)11(2)19(10)14)29-17-8-12(24)7-16-13(17)4-6-18(30)28-16/h3-8,10,20,29,31H,9H2,1-2H3,(H,28,30)/t10-,20-,21+/m0/s1. The molecule has 1 aliphatic rings. The molecule has 0 aliphatic heterocycles. The summed E-state index contributed by atoms with van der Waals surface area (Å²) in [7, 11) is 0. The number of hydrogen-bond acceptors (Lipinski definition) is 3. The minimum atomic E-state index is -4.96. The normalized spacial score (nSPS) is 23.6. The van der Waals surface area contributed by atoms with Gasteiger partial charge in [-0.3, -0.25) is 4.79 Å².